The average molecular weight is 340 g/mol. The maximum Gasteiger partial charge on any atom is 0.323 e. The van der Waals surface area contributed by atoms with Gasteiger partial charge in [0.25, 0.3) is 0 Å². The molecule has 0 aliphatic heterocycles. The van der Waals surface area contributed by atoms with E-state index >= 15 is 0 Å². The third-order valence-electron chi connectivity index (χ3n) is 2.88. The predicted octanol–water partition coefficient (Wildman–Crippen LogP) is -0.362. The number of anilines is 2. The molecular formula is C14H16N2O8. The minimum absolute atomic E-state index is 0.300. The lowest BCUT2D eigenvalue weighted by Crippen LogP contribution is -2.35. The van der Waals surface area contributed by atoms with Crippen molar-refractivity contribution in [3.63, 3.8) is 0 Å². The van der Waals surface area contributed by atoms with Gasteiger partial charge in [-0.3, -0.25) is 19.2 Å². The smallest absolute Gasteiger partial charge is 0.323 e. The lowest BCUT2D eigenvalue weighted by Gasteiger charge is -2.24. The standard InChI is InChI=1S/C14H16N2O8/c17-11(18)5-15(6-12(19)20)9-1-2-10(4-3-9)16(7-13(21)22)8-14(23)24/h1-4H,5-8H2,(H,17,18)(H,19,20)(H,21,22)(H,23,24). The molecule has 0 amide bonds. The van der Waals surface area contributed by atoms with Crippen molar-refractivity contribution in [1.82, 2.24) is 0 Å². The van der Waals surface area contributed by atoms with E-state index in [4.69, 9.17) is 20.4 Å². The van der Waals surface area contributed by atoms with Crippen LogP contribution >= 0.6 is 0 Å². The van der Waals surface area contributed by atoms with Crippen molar-refractivity contribution in [3.05, 3.63) is 24.3 Å². The summed E-state index contributed by atoms with van der Waals surface area (Å²) >= 11 is 0. The summed E-state index contributed by atoms with van der Waals surface area (Å²) in [5.41, 5.74) is 0.600. The number of carboxylic acids is 4. The molecule has 1 rings (SSSR count). The highest BCUT2D eigenvalue weighted by molar-refractivity contribution is 5.81. The fourth-order valence-corrected chi connectivity index (χ4v) is 2.00. The third kappa shape index (κ3) is 6.22. The lowest BCUT2D eigenvalue weighted by atomic mass is 10.2. The Kier molecular flexibility index (Phi) is 6.53. The third-order valence-corrected chi connectivity index (χ3v) is 2.88. The van der Waals surface area contributed by atoms with Crippen LogP contribution in [-0.2, 0) is 19.2 Å². The number of aliphatic carboxylic acids is 4. The molecule has 4 N–H and O–H groups in total. The highest BCUT2D eigenvalue weighted by Crippen LogP contribution is 2.21. The molecule has 130 valence electrons. The van der Waals surface area contributed by atoms with Crippen LogP contribution < -0.4 is 9.80 Å². The monoisotopic (exact) mass is 340 g/mol. The van der Waals surface area contributed by atoms with E-state index in [1.807, 2.05) is 0 Å². The van der Waals surface area contributed by atoms with Gasteiger partial charge in [0.2, 0.25) is 0 Å². The van der Waals surface area contributed by atoms with Crippen LogP contribution in [0.25, 0.3) is 0 Å². The van der Waals surface area contributed by atoms with Gasteiger partial charge in [-0.15, -0.1) is 0 Å². The second-order valence-corrected chi connectivity index (χ2v) is 4.80. The predicted molar refractivity (Wildman–Crippen MR) is 81.4 cm³/mol. The molecular weight excluding hydrogens is 324 g/mol. The molecule has 1 aromatic carbocycles. The number of benzene rings is 1. The Hall–Kier alpha value is -3.30. The zero-order valence-electron chi connectivity index (χ0n) is 12.5. The van der Waals surface area contributed by atoms with Crippen molar-refractivity contribution in [2.45, 2.75) is 0 Å². The van der Waals surface area contributed by atoms with Crippen molar-refractivity contribution >= 4 is 35.3 Å². The van der Waals surface area contributed by atoms with Crippen LogP contribution in [0.15, 0.2) is 24.3 Å². The van der Waals surface area contributed by atoms with Crippen LogP contribution in [-0.4, -0.2) is 70.5 Å². The maximum atomic E-state index is 10.8. The van der Waals surface area contributed by atoms with Gasteiger partial charge in [0, 0.05) is 11.4 Å². The summed E-state index contributed by atoms with van der Waals surface area (Å²) in [6, 6.07) is 5.60. The molecule has 0 saturated carbocycles. The normalized spacial score (nSPS) is 10.0. The van der Waals surface area contributed by atoms with E-state index in [9.17, 15) is 19.2 Å². The number of hydrogen-bond donors (Lipinski definition) is 4. The van der Waals surface area contributed by atoms with Gasteiger partial charge in [-0.25, -0.2) is 0 Å². The zero-order chi connectivity index (χ0) is 18.3. The fraction of sp³-hybridized carbons (Fsp3) is 0.286. The van der Waals surface area contributed by atoms with E-state index in [2.05, 4.69) is 0 Å². The van der Waals surface area contributed by atoms with Crippen LogP contribution in [0.4, 0.5) is 11.4 Å². The first-order chi connectivity index (χ1) is 11.2. The average Bonchev–Trinajstić information content (AvgIpc) is 2.44. The summed E-state index contributed by atoms with van der Waals surface area (Å²) in [5.74, 6) is -4.84. The number of carbonyl (C=O) groups is 4. The van der Waals surface area contributed by atoms with E-state index in [1.165, 1.54) is 24.3 Å². The maximum absolute atomic E-state index is 10.8. The lowest BCUT2D eigenvalue weighted by molar-refractivity contribution is -0.138. The Labute approximate surface area is 136 Å². The molecule has 0 bridgehead atoms. The molecule has 0 aliphatic carbocycles. The number of nitrogens with zero attached hydrogens (tertiary/aromatic N) is 2. The van der Waals surface area contributed by atoms with Crippen LogP contribution in [0.2, 0.25) is 0 Å². The van der Waals surface area contributed by atoms with Crippen LogP contribution in [0.3, 0.4) is 0 Å². The first-order valence-electron chi connectivity index (χ1n) is 6.66. The Morgan fingerprint density at radius 2 is 0.792 bits per heavy atom. The summed E-state index contributed by atoms with van der Waals surface area (Å²) in [5, 5.41) is 35.3. The molecule has 0 spiro atoms. The van der Waals surface area contributed by atoms with Crippen LogP contribution in [0.5, 0.6) is 0 Å². The van der Waals surface area contributed by atoms with Gasteiger partial charge in [0.1, 0.15) is 26.2 Å². The van der Waals surface area contributed by atoms with E-state index in [-0.39, 0.29) is 0 Å². The Bertz CT molecular complexity index is 541. The van der Waals surface area contributed by atoms with Crippen LogP contribution in [0.1, 0.15) is 0 Å². The molecule has 1 aromatic rings. The molecule has 0 aromatic heterocycles. The first kappa shape index (κ1) is 18.7. The van der Waals surface area contributed by atoms with Gasteiger partial charge in [-0.1, -0.05) is 0 Å². The zero-order valence-corrected chi connectivity index (χ0v) is 12.5. The quantitative estimate of drug-likeness (QED) is 0.443. The summed E-state index contributed by atoms with van der Waals surface area (Å²) in [6.07, 6.45) is 0. The van der Waals surface area contributed by atoms with Crippen molar-refractivity contribution in [1.29, 1.82) is 0 Å². The number of rotatable bonds is 10. The van der Waals surface area contributed by atoms with Crippen molar-refractivity contribution in [2.24, 2.45) is 0 Å². The van der Waals surface area contributed by atoms with Gasteiger partial charge in [-0.2, -0.15) is 0 Å². The first-order valence-corrected chi connectivity index (χ1v) is 6.66. The minimum Gasteiger partial charge on any atom is -0.480 e. The summed E-state index contributed by atoms with van der Waals surface area (Å²) in [6.45, 7) is -2.11. The van der Waals surface area contributed by atoms with Gasteiger partial charge < -0.3 is 30.2 Å². The van der Waals surface area contributed by atoms with Crippen molar-refractivity contribution in [2.75, 3.05) is 36.0 Å². The second kappa shape index (κ2) is 8.36. The highest BCUT2D eigenvalue weighted by atomic mass is 16.4. The second-order valence-electron chi connectivity index (χ2n) is 4.80. The molecule has 0 fully saturated rings. The summed E-state index contributed by atoms with van der Waals surface area (Å²) in [7, 11) is 0. The Morgan fingerprint density at radius 3 is 0.958 bits per heavy atom. The highest BCUT2D eigenvalue weighted by Gasteiger charge is 2.17. The SMILES string of the molecule is O=C(O)CN(CC(=O)O)c1ccc(N(CC(=O)O)CC(=O)O)cc1. The van der Waals surface area contributed by atoms with E-state index in [0.717, 1.165) is 9.80 Å². The van der Waals surface area contributed by atoms with Crippen molar-refractivity contribution in [3.8, 4) is 0 Å². The van der Waals surface area contributed by atoms with E-state index < -0.39 is 50.1 Å². The topological polar surface area (TPSA) is 156 Å². The molecule has 24 heavy (non-hydrogen) atoms. The van der Waals surface area contributed by atoms with Gasteiger partial charge >= 0.3 is 23.9 Å². The molecule has 0 atom stereocenters. The van der Waals surface area contributed by atoms with E-state index in [1.54, 1.807) is 0 Å². The molecule has 10 heteroatoms. The largest absolute Gasteiger partial charge is 0.480 e. The van der Waals surface area contributed by atoms with Crippen LogP contribution in [0, 0.1) is 0 Å². The molecule has 0 heterocycles. The summed E-state index contributed by atoms with van der Waals surface area (Å²) in [4.78, 5) is 45.4. The molecule has 0 radical (unpaired) electrons. The Morgan fingerprint density at radius 1 is 0.583 bits per heavy atom. The molecule has 0 aliphatic rings. The Balaban J connectivity index is 3.01. The molecule has 0 unspecified atom stereocenters. The van der Waals surface area contributed by atoms with Crippen molar-refractivity contribution < 1.29 is 39.6 Å². The minimum atomic E-state index is -1.21. The van der Waals surface area contributed by atoms with Gasteiger partial charge in [-0.05, 0) is 24.3 Å². The van der Waals surface area contributed by atoms with Gasteiger partial charge in [0.15, 0.2) is 0 Å². The molecule has 10 nitrogen and oxygen atoms in total. The number of carboxylic acid groups (broad SMARTS) is 4. The van der Waals surface area contributed by atoms with E-state index in [0.29, 0.717) is 11.4 Å². The molecule has 0 saturated heterocycles. The van der Waals surface area contributed by atoms with Gasteiger partial charge in [0.05, 0.1) is 0 Å². The fourth-order valence-electron chi connectivity index (χ4n) is 2.00. The summed E-state index contributed by atoms with van der Waals surface area (Å²) < 4.78 is 0. The number of hydrogen-bond acceptors (Lipinski definition) is 6.